The predicted molar refractivity (Wildman–Crippen MR) is 81.6 cm³/mol. The summed E-state index contributed by atoms with van der Waals surface area (Å²) in [7, 11) is 0. The average molecular weight is 339 g/mol. The van der Waals surface area contributed by atoms with Crippen LogP contribution in [0.15, 0.2) is 29.4 Å². The molecule has 3 rings (SSSR count). The number of hydrogen-bond donors (Lipinski definition) is 1. The van der Waals surface area contributed by atoms with E-state index in [9.17, 15) is 9.59 Å². The Labute approximate surface area is 137 Å². The van der Waals surface area contributed by atoms with Crippen molar-refractivity contribution in [3.63, 3.8) is 0 Å². The van der Waals surface area contributed by atoms with Crippen LogP contribution in [-0.4, -0.2) is 46.7 Å². The lowest BCUT2D eigenvalue weighted by Crippen LogP contribution is -2.47. The molecule has 1 fully saturated rings. The Morgan fingerprint density at radius 2 is 2.00 bits per heavy atom. The van der Waals surface area contributed by atoms with E-state index in [4.69, 9.17) is 21.5 Å². The second-order valence-corrected chi connectivity index (χ2v) is 5.98. The SMILES string of the molecule is O=C(O)OC1=NOC2(CCN(C(=O)c3ccccc3Cl)CC2)C1. The minimum Gasteiger partial charge on any atom is -0.449 e. The molecule has 8 heteroatoms. The zero-order chi connectivity index (χ0) is 16.4. The maximum atomic E-state index is 12.5. The summed E-state index contributed by atoms with van der Waals surface area (Å²) in [6.45, 7) is 0.972. The summed E-state index contributed by atoms with van der Waals surface area (Å²) < 4.78 is 4.54. The lowest BCUT2D eigenvalue weighted by Gasteiger charge is -2.37. The second-order valence-electron chi connectivity index (χ2n) is 5.58. The molecule has 2 aliphatic rings. The van der Waals surface area contributed by atoms with Crippen molar-refractivity contribution in [3.05, 3.63) is 34.9 Å². The quantitative estimate of drug-likeness (QED) is 0.795. The highest BCUT2D eigenvalue weighted by atomic mass is 35.5. The van der Waals surface area contributed by atoms with Gasteiger partial charge in [-0.2, -0.15) is 0 Å². The molecule has 2 aliphatic heterocycles. The minimum absolute atomic E-state index is 0.0587. The average Bonchev–Trinajstić information content (AvgIpc) is 2.89. The number of carbonyl (C=O) groups excluding carboxylic acids is 1. The molecule has 23 heavy (non-hydrogen) atoms. The third kappa shape index (κ3) is 3.24. The Bertz CT molecular complexity index is 668. The molecular formula is C15H15ClN2O5. The highest BCUT2D eigenvalue weighted by Gasteiger charge is 2.44. The maximum Gasteiger partial charge on any atom is 0.512 e. The van der Waals surface area contributed by atoms with E-state index in [-0.39, 0.29) is 11.8 Å². The Hall–Kier alpha value is -2.28. The highest BCUT2D eigenvalue weighted by Crippen LogP contribution is 2.35. The summed E-state index contributed by atoms with van der Waals surface area (Å²) in [5, 5.41) is 12.7. The van der Waals surface area contributed by atoms with Crippen LogP contribution in [0.25, 0.3) is 0 Å². The van der Waals surface area contributed by atoms with Gasteiger partial charge in [-0.25, -0.2) is 4.79 Å². The van der Waals surface area contributed by atoms with Crippen molar-refractivity contribution >= 4 is 29.6 Å². The van der Waals surface area contributed by atoms with Crippen LogP contribution in [-0.2, 0) is 9.57 Å². The lowest BCUT2D eigenvalue weighted by atomic mass is 9.88. The minimum atomic E-state index is -1.41. The van der Waals surface area contributed by atoms with E-state index in [1.165, 1.54) is 0 Å². The Kier molecular flexibility index (Phi) is 4.12. The molecule has 1 saturated heterocycles. The molecule has 1 amide bonds. The van der Waals surface area contributed by atoms with Crippen molar-refractivity contribution in [1.82, 2.24) is 4.90 Å². The van der Waals surface area contributed by atoms with E-state index in [1.807, 2.05) is 0 Å². The number of likely N-dealkylation sites (tertiary alicyclic amines) is 1. The zero-order valence-electron chi connectivity index (χ0n) is 12.2. The summed E-state index contributed by atoms with van der Waals surface area (Å²) in [5.74, 6) is -0.0604. The van der Waals surface area contributed by atoms with Gasteiger partial charge in [-0.15, -0.1) is 0 Å². The number of carboxylic acid groups (broad SMARTS) is 1. The van der Waals surface area contributed by atoms with Gasteiger partial charge in [-0.05, 0) is 12.1 Å². The van der Waals surface area contributed by atoms with E-state index < -0.39 is 11.8 Å². The van der Waals surface area contributed by atoms with E-state index in [0.29, 0.717) is 42.9 Å². The van der Waals surface area contributed by atoms with Crippen molar-refractivity contribution < 1.29 is 24.3 Å². The standard InChI is InChI=1S/C15H15ClN2O5/c16-11-4-2-1-3-10(11)13(19)18-7-5-15(6-8-18)9-12(17-23-15)22-14(20)21/h1-4H,5-9H2,(H,20,21). The van der Waals surface area contributed by atoms with Crippen LogP contribution in [0.1, 0.15) is 29.6 Å². The zero-order valence-corrected chi connectivity index (χ0v) is 13.0. The molecule has 2 heterocycles. The number of carbonyl (C=O) groups is 2. The van der Waals surface area contributed by atoms with Crippen LogP contribution in [0.5, 0.6) is 0 Å². The molecule has 1 N–H and O–H groups in total. The molecule has 0 aliphatic carbocycles. The van der Waals surface area contributed by atoms with Gasteiger partial charge in [0.1, 0.15) is 5.60 Å². The lowest BCUT2D eigenvalue weighted by molar-refractivity contribution is -0.0568. The maximum absolute atomic E-state index is 12.5. The molecule has 0 atom stereocenters. The van der Waals surface area contributed by atoms with Crippen molar-refractivity contribution in [2.75, 3.05) is 13.1 Å². The van der Waals surface area contributed by atoms with Crippen molar-refractivity contribution in [1.29, 1.82) is 0 Å². The van der Waals surface area contributed by atoms with Gasteiger partial charge in [0.2, 0.25) is 5.90 Å². The van der Waals surface area contributed by atoms with Gasteiger partial charge in [0, 0.05) is 25.9 Å². The third-order valence-electron chi connectivity index (χ3n) is 4.09. The van der Waals surface area contributed by atoms with Crippen LogP contribution < -0.4 is 0 Å². The Balaban J connectivity index is 1.60. The first-order valence-corrected chi connectivity index (χ1v) is 7.56. The molecule has 7 nitrogen and oxygen atoms in total. The van der Waals surface area contributed by atoms with Crippen molar-refractivity contribution in [3.8, 4) is 0 Å². The number of halogens is 1. The Morgan fingerprint density at radius 1 is 1.30 bits per heavy atom. The first-order valence-electron chi connectivity index (χ1n) is 7.19. The summed E-state index contributed by atoms with van der Waals surface area (Å²) in [4.78, 5) is 30.1. The molecule has 122 valence electrons. The number of ether oxygens (including phenoxy) is 1. The Morgan fingerprint density at radius 3 is 2.65 bits per heavy atom. The second kappa shape index (κ2) is 6.08. The van der Waals surface area contributed by atoms with Crippen LogP contribution in [0.4, 0.5) is 4.79 Å². The van der Waals surface area contributed by atoms with Crippen LogP contribution >= 0.6 is 11.6 Å². The van der Waals surface area contributed by atoms with Gasteiger partial charge in [0.15, 0.2) is 0 Å². The monoisotopic (exact) mass is 338 g/mol. The number of hydrogen-bond acceptors (Lipinski definition) is 5. The summed E-state index contributed by atoms with van der Waals surface area (Å²) >= 11 is 6.06. The molecule has 0 unspecified atom stereocenters. The van der Waals surface area contributed by atoms with Crippen molar-refractivity contribution in [2.24, 2.45) is 5.16 Å². The first kappa shape index (κ1) is 15.6. The molecular weight excluding hydrogens is 324 g/mol. The van der Waals surface area contributed by atoms with Gasteiger partial charge in [0.05, 0.1) is 17.0 Å². The number of benzene rings is 1. The van der Waals surface area contributed by atoms with E-state index >= 15 is 0 Å². The number of nitrogens with zero attached hydrogens (tertiary/aromatic N) is 2. The van der Waals surface area contributed by atoms with Gasteiger partial charge >= 0.3 is 6.16 Å². The molecule has 0 radical (unpaired) electrons. The van der Waals surface area contributed by atoms with E-state index in [0.717, 1.165) is 0 Å². The molecule has 0 aromatic heterocycles. The van der Waals surface area contributed by atoms with E-state index in [1.54, 1.807) is 29.2 Å². The number of oxime groups is 1. The third-order valence-corrected chi connectivity index (χ3v) is 4.42. The highest BCUT2D eigenvalue weighted by molar-refractivity contribution is 6.33. The number of amides is 1. The predicted octanol–water partition coefficient (Wildman–Crippen LogP) is 2.74. The fourth-order valence-corrected chi connectivity index (χ4v) is 3.05. The van der Waals surface area contributed by atoms with Gasteiger partial charge in [-0.3, -0.25) is 4.79 Å². The van der Waals surface area contributed by atoms with Gasteiger partial charge < -0.3 is 19.6 Å². The largest absolute Gasteiger partial charge is 0.512 e. The fraction of sp³-hybridized carbons (Fsp3) is 0.400. The molecule has 0 bridgehead atoms. The fourth-order valence-electron chi connectivity index (χ4n) is 2.83. The summed E-state index contributed by atoms with van der Waals surface area (Å²) in [5.41, 5.74) is -0.106. The van der Waals surface area contributed by atoms with Crippen LogP contribution in [0.3, 0.4) is 0 Å². The van der Waals surface area contributed by atoms with Crippen molar-refractivity contribution in [2.45, 2.75) is 24.9 Å². The topological polar surface area (TPSA) is 88.4 Å². The first-order chi connectivity index (χ1) is 11.0. The van der Waals surface area contributed by atoms with Gasteiger partial charge in [-0.1, -0.05) is 28.9 Å². The molecule has 0 saturated carbocycles. The number of rotatable bonds is 1. The van der Waals surface area contributed by atoms with Crippen LogP contribution in [0.2, 0.25) is 5.02 Å². The number of piperidine rings is 1. The molecule has 1 aromatic carbocycles. The molecule has 1 spiro atoms. The summed E-state index contributed by atoms with van der Waals surface area (Å²) in [6.07, 6.45) is 0.00177. The smallest absolute Gasteiger partial charge is 0.449 e. The molecule has 1 aromatic rings. The van der Waals surface area contributed by atoms with Crippen LogP contribution in [0, 0.1) is 0 Å². The normalized spacial score (nSPS) is 19.2. The van der Waals surface area contributed by atoms with Gasteiger partial charge in [0.25, 0.3) is 5.91 Å². The van der Waals surface area contributed by atoms with E-state index in [2.05, 4.69) is 9.89 Å². The summed E-state index contributed by atoms with van der Waals surface area (Å²) in [6, 6.07) is 6.93.